The largest absolute Gasteiger partial charge is 0.322 e. The third-order valence-corrected chi connectivity index (χ3v) is 3.23. The summed E-state index contributed by atoms with van der Waals surface area (Å²) in [6, 6.07) is 5.61. The Morgan fingerprint density at radius 1 is 1.42 bits per heavy atom. The number of hydrogen-bond donors (Lipinski definition) is 2. The maximum Gasteiger partial charge on any atom is 0.241 e. The smallest absolute Gasteiger partial charge is 0.241 e. The summed E-state index contributed by atoms with van der Waals surface area (Å²) in [6.45, 7) is 0.813. The number of amides is 1. The number of benzene rings is 1. The Morgan fingerprint density at radius 3 is 3.00 bits per heavy atom. The number of hydrogen-bond acceptors (Lipinski definition) is 3. The summed E-state index contributed by atoms with van der Waals surface area (Å²) < 4.78 is 13.7. The van der Waals surface area contributed by atoms with Crippen molar-refractivity contribution in [2.24, 2.45) is 0 Å². The molecule has 5 heteroatoms. The van der Waals surface area contributed by atoms with E-state index in [-0.39, 0.29) is 23.2 Å². The Hall–Kier alpha value is -1.93. The topological polar surface area (TPSA) is 64.9 Å². The minimum Gasteiger partial charge on any atom is -0.322 e. The van der Waals surface area contributed by atoms with Crippen molar-refractivity contribution < 1.29 is 9.18 Å². The molecule has 0 spiro atoms. The Labute approximate surface area is 111 Å². The van der Waals surface area contributed by atoms with Gasteiger partial charge >= 0.3 is 0 Å². The Bertz CT molecular complexity index is 502. The van der Waals surface area contributed by atoms with Crippen molar-refractivity contribution in [2.75, 3.05) is 11.9 Å². The van der Waals surface area contributed by atoms with Crippen LogP contribution in [-0.4, -0.2) is 18.5 Å². The molecule has 1 aliphatic rings. The van der Waals surface area contributed by atoms with E-state index in [2.05, 4.69) is 10.6 Å². The van der Waals surface area contributed by atoms with Crippen LogP contribution in [0.2, 0.25) is 0 Å². The average molecular weight is 261 g/mol. The molecule has 1 amide bonds. The summed E-state index contributed by atoms with van der Waals surface area (Å²) in [5, 5.41) is 14.4. The highest BCUT2D eigenvalue weighted by Crippen LogP contribution is 2.17. The summed E-state index contributed by atoms with van der Waals surface area (Å²) in [6.07, 6.45) is 3.95. The van der Waals surface area contributed by atoms with Crippen LogP contribution in [0.15, 0.2) is 18.2 Å². The van der Waals surface area contributed by atoms with Crippen LogP contribution >= 0.6 is 0 Å². The molecule has 0 radical (unpaired) electrons. The zero-order valence-electron chi connectivity index (χ0n) is 10.6. The second-order valence-corrected chi connectivity index (χ2v) is 4.65. The van der Waals surface area contributed by atoms with Crippen molar-refractivity contribution in [1.29, 1.82) is 5.26 Å². The normalized spacial score (nSPS) is 19.3. The highest BCUT2D eigenvalue weighted by Gasteiger charge is 2.20. The van der Waals surface area contributed by atoms with Gasteiger partial charge in [-0.1, -0.05) is 12.8 Å². The van der Waals surface area contributed by atoms with E-state index in [1.54, 1.807) is 0 Å². The number of nitriles is 1. The molecule has 0 saturated carbocycles. The predicted molar refractivity (Wildman–Crippen MR) is 70.0 cm³/mol. The van der Waals surface area contributed by atoms with Gasteiger partial charge in [-0.15, -0.1) is 0 Å². The first kappa shape index (κ1) is 13.5. The summed E-state index contributed by atoms with van der Waals surface area (Å²) in [4.78, 5) is 12.0. The van der Waals surface area contributed by atoms with Gasteiger partial charge in [0.1, 0.15) is 5.82 Å². The fraction of sp³-hybridized carbons (Fsp3) is 0.429. The van der Waals surface area contributed by atoms with Gasteiger partial charge in [0.25, 0.3) is 0 Å². The van der Waals surface area contributed by atoms with Crippen molar-refractivity contribution in [3.05, 3.63) is 29.6 Å². The van der Waals surface area contributed by atoms with Gasteiger partial charge in [0.2, 0.25) is 5.91 Å². The minimum atomic E-state index is -0.582. The van der Waals surface area contributed by atoms with Gasteiger partial charge in [0.15, 0.2) is 0 Å². The lowest BCUT2D eigenvalue weighted by atomic mass is 10.1. The van der Waals surface area contributed by atoms with Gasteiger partial charge in [-0.25, -0.2) is 4.39 Å². The Kier molecular flexibility index (Phi) is 4.48. The number of anilines is 1. The SMILES string of the molecule is N#Cc1ccc(NC(=O)C2CCCCCN2)c(F)c1. The van der Waals surface area contributed by atoms with Crippen molar-refractivity contribution in [3.8, 4) is 6.07 Å². The molecule has 1 aliphatic heterocycles. The number of carbonyl (C=O) groups excluding carboxylic acids is 1. The summed E-state index contributed by atoms with van der Waals surface area (Å²) in [7, 11) is 0. The molecule has 4 nitrogen and oxygen atoms in total. The van der Waals surface area contributed by atoms with E-state index in [0.29, 0.717) is 0 Å². The summed E-state index contributed by atoms with van der Waals surface area (Å²) >= 11 is 0. The molecule has 0 aliphatic carbocycles. The van der Waals surface area contributed by atoms with Crippen molar-refractivity contribution >= 4 is 11.6 Å². The first-order valence-corrected chi connectivity index (χ1v) is 6.44. The molecule has 1 atom stereocenters. The minimum absolute atomic E-state index is 0.120. The molecule has 2 rings (SSSR count). The zero-order valence-corrected chi connectivity index (χ0v) is 10.6. The average Bonchev–Trinajstić information content (AvgIpc) is 2.70. The van der Waals surface area contributed by atoms with Crippen molar-refractivity contribution in [3.63, 3.8) is 0 Å². The lowest BCUT2D eigenvalue weighted by molar-refractivity contribution is -0.118. The van der Waals surface area contributed by atoms with E-state index in [0.717, 1.165) is 38.3 Å². The lowest BCUT2D eigenvalue weighted by Crippen LogP contribution is -2.40. The molecule has 0 aromatic heterocycles. The molecule has 1 unspecified atom stereocenters. The molecule has 1 saturated heterocycles. The third-order valence-electron chi connectivity index (χ3n) is 3.23. The molecule has 1 aromatic carbocycles. The first-order valence-electron chi connectivity index (χ1n) is 6.44. The Balaban J connectivity index is 2.04. The quantitative estimate of drug-likeness (QED) is 0.857. The molecule has 19 heavy (non-hydrogen) atoms. The van der Waals surface area contributed by atoms with Crippen LogP contribution in [0.25, 0.3) is 0 Å². The molecule has 1 fully saturated rings. The van der Waals surface area contributed by atoms with Crippen LogP contribution in [0.4, 0.5) is 10.1 Å². The molecule has 100 valence electrons. The van der Waals surface area contributed by atoms with E-state index < -0.39 is 5.82 Å². The molecular formula is C14H16FN3O. The first-order chi connectivity index (χ1) is 9.20. The molecule has 1 aromatic rings. The van der Waals surface area contributed by atoms with Gasteiger partial charge in [0.05, 0.1) is 23.4 Å². The predicted octanol–water partition coefficient (Wildman–Crippen LogP) is 2.17. The van der Waals surface area contributed by atoms with Crippen molar-refractivity contribution in [1.82, 2.24) is 5.32 Å². The second-order valence-electron chi connectivity index (χ2n) is 4.65. The van der Waals surface area contributed by atoms with E-state index >= 15 is 0 Å². The number of rotatable bonds is 2. The van der Waals surface area contributed by atoms with Crippen molar-refractivity contribution in [2.45, 2.75) is 31.7 Å². The van der Waals surface area contributed by atoms with Crippen LogP contribution in [0, 0.1) is 17.1 Å². The van der Waals surface area contributed by atoms with Crippen LogP contribution in [0.3, 0.4) is 0 Å². The molecule has 2 N–H and O–H groups in total. The van der Waals surface area contributed by atoms with E-state index in [4.69, 9.17) is 5.26 Å². The maximum absolute atomic E-state index is 13.7. The summed E-state index contributed by atoms with van der Waals surface area (Å²) in [5.41, 5.74) is 0.359. The number of halogens is 1. The van der Waals surface area contributed by atoms with Crippen LogP contribution in [0.5, 0.6) is 0 Å². The standard InChI is InChI=1S/C14H16FN3O/c15-11-8-10(9-16)5-6-12(11)18-14(19)13-4-2-1-3-7-17-13/h5-6,8,13,17H,1-4,7H2,(H,18,19). The Morgan fingerprint density at radius 2 is 2.26 bits per heavy atom. The van der Waals surface area contributed by atoms with E-state index in [1.807, 2.05) is 6.07 Å². The third kappa shape index (κ3) is 3.52. The highest BCUT2D eigenvalue weighted by molar-refractivity contribution is 5.95. The van der Waals surface area contributed by atoms with Gasteiger partial charge in [-0.05, 0) is 37.6 Å². The van der Waals surface area contributed by atoms with Crippen LogP contribution in [-0.2, 0) is 4.79 Å². The molecule has 0 bridgehead atoms. The fourth-order valence-electron chi connectivity index (χ4n) is 2.16. The number of nitrogens with zero attached hydrogens (tertiary/aromatic N) is 1. The molecule has 1 heterocycles. The van der Waals surface area contributed by atoms with Gasteiger partial charge in [0, 0.05) is 0 Å². The lowest BCUT2D eigenvalue weighted by Gasteiger charge is -2.15. The second kappa shape index (κ2) is 6.30. The van der Waals surface area contributed by atoms with Crippen LogP contribution in [0.1, 0.15) is 31.2 Å². The summed E-state index contributed by atoms with van der Waals surface area (Å²) in [5.74, 6) is -0.800. The van der Waals surface area contributed by atoms with Gasteiger partial charge in [-0.2, -0.15) is 5.26 Å². The molecular weight excluding hydrogens is 245 g/mol. The van der Waals surface area contributed by atoms with Gasteiger partial charge < -0.3 is 10.6 Å². The number of carbonyl (C=O) groups is 1. The van der Waals surface area contributed by atoms with Gasteiger partial charge in [-0.3, -0.25) is 4.79 Å². The van der Waals surface area contributed by atoms with Crippen LogP contribution < -0.4 is 10.6 Å². The monoisotopic (exact) mass is 261 g/mol. The van der Waals surface area contributed by atoms with E-state index in [9.17, 15) is 9.18 Å². The number of nitrogens with one attached hydrogen (secondary N) is 2. The highest BCUT2D eigenvalue weighted by atomic mass is 19.1. The fourth-order valence-corrected chi connectivity index (χ4v) is 2.16. The zero-order chi connectivity index (χ0) is 13.7. The van der Waals surface area contributed by atoms with E-state index in [1.165, 1.54) is 12.1 Å². The maximum atomic E-state index is 13.7.